The summed E-state index contributed by atoms with van der Waals surface area (Å²) < 4.78 is 5.90. The van der Waals surface area contributed by atoms with Gasteiger partial charge in [-0.1, -0.05) is 59.6 Å². The lowest BCUT2D eigenvalue weighted by Gasteiger charge is -2.18. The number of carbonyl (C=O) groups is 2. The minimum Gasteiger partial charge on any atom is -0.487 e. The van der Waals surface area contributed by atoms with E-state index in [9.17, 15) is 9.59 Å². The minimum absolute atomic E-state index is 0.0579. The molecule has 32 heavy (non-hydrogen) atoms. The van der Waals surface area contributed by atoms with Crippen LogP contribution in [0, 0.1) is 12.8 Å². The van der Waals surface area contributed by atoms with E-state index in [0.29, 0.717) is 29.6 Å². The minimum atomic E-state index is -0.437. The van der Waals surface area contributed by atoms with Crippen molar-refractivity contribution in [3.63, 3.8) is 0 Å². The first-order valence-electron chi connectivity index (χ1n) is 10.4. The fraction of sp³-hybridized carbons (Fsp3) is 0.200. The molecular weight excluding hydrogens is 426 g/mol. The molecule has 0 radical (unpaired) electrons. The van der Waals surface area contributed by atoms with Gasteiger partial charge in [0.15, 0.2) is 0 Å². The molecule has 1 atom stereocenters. The van der Waals surface area contributed by atoms with E-state index < -0.39 is 5.92 Å². The number of nitrogens with zero attached hydrogens (tertiary/aromatic N) is 1. The molecule has 3 aromatic carbocycles. The van der Waals surface area contributed by atoms with Crippen LogP contribution in [0.2, 0.25) is 5.02 Å². The number of aryl methyl sites for hydroxylation is 1. The van der Waals surface area contributed by atoms with Gasteiger partial charge in [-0.05, 0) is 37.3 Å². The van der Waals surface area contributed by atoms with Gasteiger partial charge in [-0.3, -0.25) is 20.4 Å². The zero-order valence-corrected chi connectivity index (χ0v) is 18.4. The van der Waals surface area contributed by atoms with Crippen LogP contribution in [-0.4, -0.2) is 18.4 Å². The van der Waals surface area contributed by atoms with E-state index in [1.807, 2.05) is 73.7 Å². The topological polar surface area (TPSA) is 70.7 Å². The predicted octanol–water partition coefficient (Wildman–Crippen LogP) is 4.72. The first kappa shape index (κ1) is 21.7. The van der Waals surface area contributed by atoms with Crippen LogP contribution in [0.5, 0.6) is 5.75 Å². The van der Waals surface area contributed by atoms with Crippen LogP contribution >= 0.6 is 11.6 Å². The van der Waals surface area contributed by atoms with Gasteiger partial charge in [-0.25, -0.2) is 0 Å². The number of rotatable bonds is 7. The second kappa shape index (κ2) is 9.75. The monoisotopic (exact) mass is 449 g/mol. The summed E-state index contributed by atoms with van der Waals surface area (Å²) in [6.45, 7) is 2.64. The number of ether oxygens (including phenoxy) is 1. The summed E-state index contributed by atoms with van der Waals surface area (Å²) in [5.41, 5.74) is 9.06. The standard InChI is InChI=1S/C25H24ClN3O3/c1-17-10-12-20(13-11-17)29-15-19(14-24(29)30)25(31)28-27-22-8-4-5-9-23(22)32-16-18-6-2-3-7-21(18)26/h2-13,19,27H,14-16H2,1H3,(H,28,31)/t19-/m1/s1. The number of nitrogens with one attached hydrogen (secondary N) is 2. The Morgan fingerprint density at radius 3 is 2.56 bits per heavy atom. The van der Waals surface area contributed by atoms with E-state index in [1.54, 1.807) is 11.0 Å². The first-order valence-corrected chi connectivity index (χ1v) is 10.8. The second-order valence-corrected chi connectivity index (χ2v) is 8.14. The van der Waals surface area contributed by atoms with Crippen molar-refractivity contribution in [2.24, 2.45) is 5.92 Å². The summed E-state index contributed by atoms with van der Waals surface area (Å²) in [4.78, 5) is 26.8. The molecule has 0 bridgehead atoms. The molecule has 6 nitrogen and oxygen atoms in total. The van der Waals surface area contributed by atoms with Crippen LogP contribution in [0.15, 0.2) is 72.8 Å². The number of amides is 2. The number of anilines is 2. The van der Waals surface area contributed by atoms with Crippen molar-refractivity contribution in [1.29, 1.82) is 0 Å². The molecular formula is C25H24ClN3O3. The van der Waals surface area contributed by atoms with E-state index in [2.05, 4.69) is 10.9 Å². The molecule has 1 aliphatic rings. The second-order valence-electron chi connectivity index (χ2n) is 7.73. The van der Waals surface area contributed by atoms with Crippen molar-refractivity contribution in [3.05, 3.63) is 88.9 Å². The fourth-order valence-electron chi connectivity index (χ4n) is 3.56. The average Bonchev–Trinajstić information content (AvgIpc) is 3.19. The number of carbonyl (C=O) groups excluding carboxylic acids is 2. The third kappa shape index (κ3) is 5.03. The fourth-order valence-corrected chi connectivity index (χ4v) is 3.75. The van der Waals surface area contributed by atoms with Crippen molar-refractivity contribution in [1.82, 2.24) is 5.43 Å². The lowest BCUT2D eigenvalue weighted by Crippen LogP contribution is -2.36. The van der Waals surface area contributed by atoms with Crippen LogP contribution in [0.4, 0.5) is 11.4 Å². The molecule has 0 spiro atoms. The normalized spacial score (nSPS) is 15.5. The Bertz CT molecular complexity index is 1120. The van der Waals surface area contributed by atoms with E-state index >= 15 is 0 Å². The Kier molecular flexibility index (Phi) is 6.61. The Morgan fingerprint density at radius 1 is 1.06 bits per heavy atom. The number of benzene rings is 3. The van der Waals surface area contributed by atoms with Gasteiger partial charge in [-0.2, -0.15) is 0 Å². The highest BCUT2D eigenvalue weighted by Gasteiger charge is 2.35. The van der Waals surface area contributed by atoms with Crippen molar-refractivity contribution in [2.45, 2.75) is 20.0 Å². The molecule has 0 aromatic heterocycles. The third-order valence-corrected chi connectivity index (χ3v) is 5.76. The highest BCUT2D eigenvalue weighted by atomic mass is 35.5. The summed E-state index contributed by atoms with van der Waals surface area (Å²) in [5, 5.41) is 0.635. The summed E-state index contributed by atoms with van der Waals surface area (Å²) >= 11 is 6.20. The van der Waals surface area contributed by atoms with E-state index in [0.717, 1.165) is 16.8 Å². The molecule has 0 aliphatic carbocycles. The zero-order chi connectivity index (χ0) is 22.5. The maximum atomic E-state index is 12.7. The molecule has 1 heterocycles. The van der Waals surface area contributed by atoms with E-state index in [1.165, 1.54) is 0 Å². The molecule has 1 saturated heterocycles. The van der Waals surface area contributed by atoms with Crippen molar-refractivity contribution in [3.8, 4) is 5.75 Å². The van der Waals surface area contributed by atoms with Crippen molar-refractivity contribution in [2.75, 3.05) is 16.9 Å². The van der Waals surface area contributed by atoms with Gasteiger partial charge >= 0.3 is 0 Å². The Balaban J connectivity index is 1.36. The van der Waals surface area contributed by atoms with Crippen LogP contribution < -0.4 is 20.5 Å². The third-order valence-electron chi connectivity index (χ3n) is 5.39. The SMILES string of the molecule is Cc1ccc(N2C[C@H](C(=O)NNc3ccccc3OCc3ccccc3Cl)CC2=O)cc1. The van der Waals surface area contributed by atoms with Gasteiger partial charge in [0.25, 0.3) is 0 Å². The van der Waals surface area contributed by atoms with Gasteiger partial charge in [0.1, 0.15) is 12.4 Å². The lowest BCUT2D eigenvalue weighted by molar-refractivity contribution is -0.125. The molecule has 7 heteroatoms. The molecule has 0 saturated carbocycles. The van der Waals surface area contributed by atoms with Crippen molar-refractivity contribution < 1.29 is 14.3 Å². The van der Waals surface area contributed by atoms with Crippen LogP contribution in [0.25, 0.3) is 0 Å². The Morgan fingerprint density at radius 2 is 1.78 bits per heavy atom. The molecule has 4 rings (SSSR count). The summed E-state index contributed by atoms with van der Waals surface area (Å²) in [7, 11) is 0. The molecule has 1 fully saturated rings. The molecule has 164 valence electrons. The van der Waals surface area contributed by atoms with Gasteiger partial charge in [-0.15, -0.1) is 0 Å². The number of hydrogen-bond donors (Lipinski definition) is 2. The molecule has 2 N–H and O–H groups in total. The highest BCUT2D eigenvalue weighted by molar-refractivity contribution is 6.31. The van der Waals surface area contributed by atoms with Gasteiger partial charge in [0, 0.05) is 29.2 Å². The van der Waals surface area contributed by atoms with Gasteiger partial charge in [0.2, 0.25) is 11.8 Å². The maximum Gasteiger partial charge on any atom is 0.243 e. The highest BCUT2D eigenvalue weighted by Crippen LogP contribution is 2.27. The zero-order valence-electron chi connectivity index (χ0n) is 17.7. The predicted molar refractivity (Wildman–Crippen MR) is 126 cm³/mol. The van der Waals surface area contributed by atoms with Crippen LogP contribution in [0.3, 0.4) is 0 Å². The van der Waals surface area contributed by atoms with Gasteiger partial charge < -0.3 is 9.64 Å². The summed E-state index contributed by atoms with van der Waals surface area (Å²) in [5.74, 6) is -0.157. The molecule has 3 aromatic rings. The molecule has 0 unspecified atom stereocenters. The molecule has 2 amide bonds. The Labute approximate surface area is 192 Å². The lowest BCUT2D eigenvalue weighted by atomic mass is 10.1. The Hall–Kier alpha value is -3.51. The van der Waals surface area contributed by atoms with Gasteiger partial charge in [0.05, 0.1) is 11.6 Å². The summed E-state index contributed by atoms with van der Waals surface area (Å²) in [6.07, 6.45) is 0.173. The largest absolute Gasteiger partial charge is 0.487 e. The summed E-state index contributed by atoms with van der Waals surface area (Å²) in [6, 6.07) is 22.5. The number of para-hydroxylation sites is 2. The number of hydrazine groups is 1. The van der Waals surface area contributed by atoms with E-state index in [4.69, 9.17) is 16.3 Å². The van der Waals surface area contributed by atoms with Crippen molar-refractivity contribution >= 4 is 34.8 Å². The van der Waals surface area contributed by atoms with E-state index in [-0.39, 0.29) is 18.2 Å². The molecule has 1 aliphatic heterocycles. The number of halogens is 1. The number of hydrogen-bond acceptors (Lipinski definition) is 4. The quantitative estimate of drug-likeness (QED) is 0.512. The maximum absolute atomic E-state index is 12.7. The smallest absolute Gasteiger partial charge is 0.243 e. The first-order chi connectivity index (χ1) is 15.5. The average molecular weight is 450 g/mol. The van der Waals surface area contributed by atoms with Crippen LogP contribution in [0.1, 0.15) is 17.5 Å². The van der Waals surface area contributed by atoms with Crippen LogP contribution in [-0.2, 0) is 16.2 Å².